The van der Waals surface area contributed by atoms with Crippen LogP contribution in [0.3, 0.4) is 0 Å². The SMILES string of the molecule is C=CCn1c(SCC(=O)Nc2nc3ccccc3s2)nnc1-c1ccc(N(C)C)cc1. The summed E-state index contributed by atoms with van der Waals surface area (Å²) >= 11 is 2.80. The van der Waals surface area contributed by atoms with E-state index in [0.717, 1.165) is 27.3 Å². The van der Waals surface area contributed by atoms with E-state index in [9.17, 15) is 4.79 Å². The molecule has 0 unspecified atom stereocenters. The van der Waals surface area contributed by atoms with Crippen molar-refractivity contribution in [2.75, 3.05) is 30.1 Å². The number of hydrogen-bond donors (Lipinski definition) is 1. The van der Waals surface area contributed by atoms with Crippen molar-refractivity contribution in [3.05, 3.63) is 61.2 Å². The quantitative estimate of drug-likeness (QED) is 0.314. The average molecular weight is 451 g/mol. The van der Waals surface area contributed by atoms with Gasteiger partial charge in [-0.05, 0) is 36.4 Å². The molecule has 2 aromatic heterocycles. The number of hydrogen-bond acceptors (Lipinski definition) is 7. The zero-order chi connectivity index (χ0) is 21.8. The van der Waals surface area contributed by atoms with Gasteiger partial charge in [0.25, 0.3) is 0 Å². The molecule has 0 fully saturated rings. The summed E-state index contributed by atoms with van der Waals surface area (Å²) in [7, 11) is 4.01. The maximum Gasteiger partial charge on any atom is 0.236 e. The Hall–Kier alpha value is -3.17. The van der Waals surface area contributed by atoms with Crippen LogP contribution < -0.4 is 10.2 Å². The number of carbonyl (C=O) groups excluding carboxylic acids is 1. The number of aromatic nitrogens is 4. The Labute approximate surface area is 188 Å². The number of allylic oxidation sites excluding steroid dienone is 1. The van der Waals surface area contributed by atoms with Crippen molar-refractivity contribution >= 4 is 50.0 Å². The normalized spacial score (nSPS) is 10.9. The van der Waals surface area contributed by atoms with E-state index in [1.54, 1.807) is 6.08 Å². The van der Waals surface area contributed by atoms with Crippen molar-refractivity contribution in [2.24, 2.45) is 0 Å². The molecule has 0 spiro atoms. The molecule has 9 heteroatoms. The van der Waals surface area contributed by atoms with E-state index in [-0.39, 0.29) is 11.7 Å². The molecule has 0 saturated carbocycles. The van der Waals surface area contributed by atoms with Gasteiger partial charge in [-0.1, -0.05) is 41.3 Å². The fourth-order valence-electron chi connectivity index (χ4n) is 3.02. The monoisotopic (exact) mass is 450 g/mol. The Morgan fingerprint density at radius 1 is 1.19 bits per heavy atom. The minimum Gasteiger partial charge on any atom is -0.378 e. The lowest BCUT2D eigenvalue weighted by Crippen LogP contribution is -2.14. The Morgan fingerprint density at radius 2 is 1.97 bits per heavy atom. The molecular weight excluding hydrogens is 428 g/mol. The second kappa shape index (κ2) is 9.32. The molecule has 2 aromatic carbocycles. The van der Waals surface area contributed by atoms with Gasteiger partial charge < -0.3 is 10.2 Å². The summed E-state index contributed by atoms with van der Waals surface area (Å²) in [6.07, 6.45) is 1.80. The molecule has 0 radical (unpaired) electrons. The van der Waals surface area contributed by atoms with Crippen LogP contribution in [-0.4, -0.2) is 45.5 Å². The van der Waals surface area contributed by atoms with E-state index >= 15 is 0 Å². The molecule has 1 amide bonds. The molecule has 0 saturated heterocycles. The van der Waals surface area contributed by atoms with Crippen LogP contribution in [0.5, 0.6) is 0 Å². The van der Waals surface area contributed by atoms with Crippen LogP contribution in [-0.2, 0) is 11.3 Å². The number of benzene rings is 2. The lowest BCUT2D eigenvalue weighted by atomic mass is 10.2. The van der Waals surface area contributed by atoms with E-state index in [4.69, 9.17) is 0 Å². The summed E-state index contributed by atoms with van der Waals surface area (Å²) < 4.78 is 3.01. The molecule has 0 bridgehead atoms. The van der Waals surface area contributed by atoms with Gasteiger partial charge in [-0.2, -0.15) is 0 Å². The fraction of sp³-hybridized carbons (Fsp3) is 0.182. The van der Waals surface area contributed by atoms with E-state index in [2.05, 4.69) is 27.1 Å². The van der Waals surface area contributed by atoms with Gasteiger partial charge in [0.15, 0.2) is 16.1 Å². The molecule has 0 aliphatic heterocycles. The van der Waals surface area contributed by atoms with Crippen LogP contribution in [0.4, 0.5) is 10.8 Å². The molecule has 7 nitrogen and oxygen atoms in total. The largest absolute Gasteiger partial charge is 0.378 e. The third-order valence-corrected chi connectivity index (χ3v) is 6.46. The number of thiazole rings is 1. The number of nitrogens with zero attached hydrogens (tertiary/aromatic N) is 5. The van der Waals surface area contributed by atoms with Crippen LogP contribution in [0.15, 0.2) is 66.3 Å². The number of amides is 1. The van der Waals surface area contributed by atoms with E-state index < -0.39 is 0 Å². The van der Waals surface area contributed by atoms with Gasteiger partial charge >= 0.3 is 0 Å². The fourth-order valence-corrected chi connectivity index (χ4v) is 4.65. The molecule has 4 aromatic rings. The first-order valence-electron chi connectivity index (χ1n) is 9.65. The zero-order valence-electron chi connectivity index (χ0n) is 17.3. The number of rotatable bonds is 8. The Balaban J connectivity index is 1.46. The smallest absolute Gasteiger partial charge is 0.236 e. The Bertz CT molecular complexity index is 1180. The predicted octanol–water partition coefficient (Wildman–Crippen LogP) is 4.54. The van der Waals surface area contributed by atoms with Crippen LogP contribution in [0.2, 0.25) is 0 Å². The third kappa shape index (κ3) is 4.78. The number of anilines is 2. The van der Waals surface area contributed by atoms with Gasteiger partial charge in [-0.25, -0.2) is 4.98 Å². The van der Waals surface area contributed by atoms with Crippen LogP contribution in [0.1, 0.15) is 0 Å². The van der Waals surface area contributed by atoms with Crippen molar-refractivity contribution in [3.63, 3.8) is 0 Å². The Morgan fingerprint density at radius 3 is 2.68 bits per heavy atom. The first-order valence-corrected chi connectivity index (χ1v) is 11.5. The molecule has 2 heterocycles. The number of para-hydroxylation sites is 1. The number of thioether (sulfide) groups is 1. The van der Waals surface area contributed by atoms with Crippen molar-refractivity contribution in [1.29, 1.82) is 0 Å². The van der Waals surface area contributed by atoms with E-state index in [0.29, 0.717) is 16.8 Å². The molecule has 158 valence electrons. The first-order chi connectivity index (χ1) is 15.0. The highest BCUT2D eigenvalue weighted by molar-refractivity contribution is 7.99. The summed E-state index contributed by atoms with van der Waals surface area (Å²) in [5.74, 6) is 0.832. The van der Waals surface area contributed by atoms with Crippen LogP contribution >= 0.6 is 23.1 Å². The Kier molecular flexibility index (Phi) is 6.34. The lowest BCUT2D eigenvalue weighted by Gasteiger charge is -2.13. The van der Waals surface area contributed by atoms with E-state index in [1.807, 2.05) is 72.1 Å². The molecule has 1 N–H and O–H groups in total. The van der Waals surface area contributed by atoms with Gasteiger partial charge in [0.05, 0.1) is 16.0 Å². The number of nitrogens with one attached hydrogen (secondary N) is 1. The number of fused-ring (bicyclic) bond motifs is 1. The average Bonchev–Trinajstić information content (AvgIpc) is 3.36. The van der Waals surface area contributed by atoms with Crippen molar-refractivity contribution in [1.82, 2.24) is 19.7 Å². The van der Waals surface area contributed by atoms with Crippen LogP contribution in [0, 0.1) is 0 Å². The lowest BCUT2D eigenvalue weighted by molar-refractivity contribution is -0.113. The zero-order valence-corrected chi connectivity index (χ0v) is 18.9. The van der Waals surface area contributed by atoms with Gasteiger partial charge in [-0.3, -0.25) is 9.36 Å². The topological polar surface area (TPSA) is 75.9 Å². The van der Waals surface area contributed by atoms with E-state index in [1.165, 1.54) is 23.1 Å². The summed E-state index contributed by atoms with van der Waals surface area (Å²) in [6, 6.07) is 15.9. The third-order valence-electron chi connectivity index (χ3n) is 4.54. The van der Waals surface area contributed by atoms with Gasteiger partial charge in [0, 0.05) is 31.9 Å². The maximum atomic E-state index is 12.5. The van der Waals surface area contributed by atoms with Gasteiger partial charge in [0.2, 0.25) is 5.91 Å². The summed E-state index contributed by atoms with van der Waals surface area (Å²) in [5, 5.41) is 12.8. The standard InChI is InChI=1S/C22H22N6OS2/c1-4-13-28-20(15-9-11-16(12-10-15)27(2)3)25-26-22(28)30-14-19(29)24-21-23-17-7-5-6-8-18(17)31-21/h4-12H,1,13-14H2,2-3H3,(H,23,24,29). The maximum absolute atomic E-state index is 12.5. The minimum atomic E-state index is -0.130. The first kappa shape index (κ1) is 21.1. The molecule has 0 atom stereocenters. The minimum absolute atomic E-state index is 0.130. The summed E-state index contributed by atoms with van der Waals surface area (Å²) in [6.45, 7) is 4.40. The molecule has 4 rings (SSSR count). The molecular formula is C22H22N6OS2. The summed E-state index contributed by atoms with van der Waals surface area (Å²) in [5.41, 5.74) is 2.96. The molecule has 0 aliphatic rings. The highest BCUT2D eigenvalue weighted by atomic mass is 32.2. The highest BCUT2D eigenvalue weighted by Gasteiger charge is 2.16. The summed E-state index contributed by atoms with van der Waals surface area (Å²) in [4.78, 5) is 19.0. The van der Waals surface area contributed by atoms with Gasteiger partial charge in [-0.15, -0.1) is 16.8 Å². The predicted molar refractivity (Wildman–Crippen MR) is 129 cm³/mol. The molecule has 0 aliphatic carbocycles. The second-order valence-corrected chi connectivity index (χ2v) is 8.94. The van der Waals surface area contributed by atoms with Crippen molar-refractivity contribution in [3.8, 4) is 11.4 Å². The second-order valence-electron chi connectivity index (χ2n) is 6.97. The van der Waals surface area contributed by atoms with Gasteiger partial charge in [0.1, 0.15) is 0 Å². The van der Waals surface area contributed by atoms with Crippen molar-refractivity contribution < 1.29 is 4.79 Å². The van der Waals surface area contributed by atoms with Crippen molar-refractivity contribution in [2.45, 2.75) is 11.7 Å². The van der Waals surface area contributed by atoms with Crippen LogP contribution in [0.25, 0.3) is 21.6 Å². The highest BCUT2D eigenvalue weighted by Crippen LogP contribution is 2.27. The molecule has 31 heavy (non-hydrogen) atoms. The number of carbonyl (C=O) groups is 1.